The number of nitrogens with one attached hydrogen (secondary N) is 2. The van der Waals surface area contributed by atoms with E-state index in [1.807, 2.05) is 26.8 Å². The summed E-state index contributed by atoms with van der Waals surface area (Å²) in [7, 11) is 0. The Kier molecular flexibility index (Phi) is 3.19. The molecule has 0 bridgehead atoms. The molecule has 1 amide bonds. The third-order valence-electron chi connectivity index (χ3n) is 2.92. The third-order valence-corrected chi connectivity index (χ3v) is 2.92. The molecule has 5 heteroatoms. The van der Waals surface area contributed by atoms with Gasteiger partial charge in [0.1, 0.15) is 6.10 Å². The average Bonchev–Trinajstić information content (AvgIpc) is 2.83. The van der Waals surface area contributed by atoms with Crippen LogP contribution in [-0.4, -0.2) is 28.8 Å². The maximum absolute atomic E-state index is 11.9. The normalized spacial score (nSPS) is 24.9. The molecule has 1 fully saturated rings. The zero-order valence-corrected chi connectivity index (χ0v) is 10.5. The van der Waals surface area contributed by atoms with Gasteiger partial charge in [0.2, 0.25) is 5.91 Å². The van der Waals surface area contributed by atoms with Crippen LogP contribution in [0.1, 0.15) is 39.0 Å². The monoisotopic (exact) mass is 237 g/mol. The molecule has 1 aliphatic heterocycles. The quantitative estimate of drug-likeness (QED) is 0.817. The van der Waals surface area contributed by atoms with Crippen molar-refractivity contribution in [3.8, 4) is 0 Å². The summed E-state index contributed by atoms with van der Waals surface area (Å²) in [6, 6.07) is 1.91. The smallest absolute Gasteiger partial charge is 0.225 e. The molecular weight excluding hydrogens is 218 g/mol. The zero-order valence-electron chi connectivity index (χ0n) is 10.5. The molecule has 17 heavy (non-hydrogen) atoms. The molecule has 2 atom stereocenters. The van der Waals surface area contributed by atoms with Crippen molar-refractivity contribution in [1.29, 1.82) is 0 Å². The fourth-order valence-electron chi connectivity index (χ4n) is 1.85. The highest BCUT2D eigenvalue weighted by Crippen LogP contribution is 2.28. The molecule has 1 aliphatic rings. The van der Waals surface area contributed by atoms with Crippen LogP contribution in [0, 0.1) is 5.41 Å². The van der Waals surface area contributed by atoms with Gasteiger partial charge in [-0.15, -0.1) is 0 Å². The van der Waals surface area contributed by atoms with E-state index in [1.54, 1.807) is 6.20 Å². The Morgan fingerprint density at radius 1 is 1.59 bits per heavy atom. The topological polar surface area (TPSA) is 67.0 Å². The van der Waals surface area contributed by atoms with Crippen LogP contribution >= 0.6 is 0 Å². The third kappa shape index (κ3) is 2.66. The molecule has 0 spiro atoms. The molecule has 1 aromatic heterocycles. The van der Waals surface area contributed by atoms with Crippen molar-refractivity contribution < 1.29 is 9.53 Å². The molecule has 1 saturated heterocycles. The first-order valence-corrected chi connectivity index (χ1v) is 5.90. The van der Waals surface area contributed by atoms with Crippen molar-refractivity contribution in [1.82, 2.24) is 15.5 Å². The predicted molar refractivity (Wildman–Crippen MR) is 63.3 cm³/mol. The average molecular weight is 237 g/mol. The van der Waals surface area contributed by atoms with Gasteiger partial charge in [0.05, 0.1) is 11.7 Å². The van der Waals surface area contributed by atoms with Gasteiger partial charge in [-0.05, 0) is 12.5 Å². The second-order valence-corrected chi connectivity index (χ2v) is 5.42. The fraction of sp³-hybridized carbons (Fsp3) is 0.667. The maximum atomic E-state index is 11.9. The molecule has 5 nitrogen and oxygen atoms in total. The Bertz CT molecular complexity index is 381. The molecule has 0 saturated carbocycles. The second kappa shape index (κ2) is 4.49. The van der Waals surface area contributed by atoms with Gasteiger partial charge in [-0.25, -0.2) is 0 Å². The number of H-pyrrole nitrogens is 1. The van der Waals surface area contributed by atoms with Crippen molar-refractivity contribution in [3.63, 3.8) is 0 Å². The Hall–Kier alpha value is -1.36. The van der Waals surface area contributed by atoms with Gasteiger partial charge < -0.3 is 10.1 Å². The standard InChI is InChI=1S/C12H19N3O2/c1-12(2,3)11(16)14-8-5-7-17-10(8)9-4-6-13-15-9/h4,6,8,10H,5,7H2,1-3H3,(H,13,15)(H,14,16)/t8-,10-/m1/s1. The highest BCUT2D eigenvalue weighted by Gasteiger charge is 2.34. The second-order valence-electron chi connectivity index (χ2n) is 5.42. The van der Waals surface area contributed by atoms with E-state index >= 15 is 0 Å². The Morgan fingerprint density at radius 3 is 2.94 bits per heavy atom. The number of aromatic amines is 1. The number of hydrogen-bond acceptors (Lipinski definition) is 3. The van der Waals surface area contributed by atoms with Crippen LogP contribution in [0.15, 0.2) is 12.3 Å². The van der Waals surface area contributed by atoms with Crippen LogP contribution in [0.3, 0.4) is 0 Å². The van der Waals surface area contributed by atoms with Crippen LogP contribution in [-0.2, 0) is 9.53 Å². The number of amides is 1. The lowest BCUT2D eigenvalue weighted by atomic mass is 9.94. The summed E-state index contributed by atoms with van der Waals surface area (Å²) in [4.78, 5) is 11.9. The van der Waals surface area contributed by atoms with Crippen LogP contribution in [0.5, 0.6) is 0 Å². The first kappa shape index (κ1) is 12.1. The van der Waals surface area contributed by atoms with Gasteiger partial charge in [-0.1, -0.05) is 20.8 Å². The Morgan fingerprint density at radius 2 is 2.35 bits per heavy atom. The Labute approximate surface area is 101 Å². The van der Waals surface area contributed by atoms with Crippen LogP contribution in [0.25, 0.3) is 0 Å². The van der Waals surface area contributed by atoms with E-state index in [9.17, 15) is 4.79 Å². The molecule has 0 radical (unpaired) electrons. The van der Waals surface area contributed by atoms with Crippen molar-refractivity contribution >= 4 is 5.91 Å². The lowest BCUT2D eigenvalue weighted by molar-refractivity contribution is -0.129. The van der Waals surface area contributed by atoms with Gasteiger partial charge in [0.15, 0.2) is 0 Å². The van der Waals surface area contributed by atoms with Crippen LogP contribution < -0.4 is 5.32 Å². The summed E-state index contributed by atoms with van der Waals surface area (Å²) in [5.74, 6) is 0.0533. The van der Waals surface area contributed by atoms with Crippen molar-refractivity contribution in [2.24, 2.45) is 5.41 Å². The first-order valence-electron chi connectivity index (χ1n) is 5.90. The number of ether oxygens (including phenoxy) is 1. The summed E-state index contributed by atoms with van der Waals surface area (Å²) in [6.45, 7) is 6.38. The molecule has 2 heterocycles. The summed E-state index contributed by atoms with van der Waals surface area (Å²) in [5, 5.41) is 9.85. The van der Waals surface area contributed by atoms with Gasteiger partial charge in [-0.3, -0.25) is 9.89 Å². The number of carbonyl (C=O) groups is 1. The number of aromatic nitrogens is 2. The van der Waals surface area contributed by atoms with E-state index in [-0.39, 0.29) is 23.5 Å². The van der Waals surface area contributed by atoms with Crippen molar-refractivity contribution in [2.45, 2.75) is 39.3 Å². The highest BCUT2D eigenvalue weighted by atomic mass is 16.5. The molecule has 0 aliphatic carbocycles. The molecule has 94 valence electrons. The predicted octanol–water partition coefficient (Wildman–Crippen LogP) is 1.40. The SMILES string of the molecule is CC(C)(C)C(=O)N[C@@H]1CCO[C@H]1c1ccn[nH]1. The van der Waals surface area contributed by atoms with Crippen molar-refractivity contribution in [2.75, 3.05) is 6.61 Å². The first-order chi connectivity index (χ1) is 7.98. The maximum Gasteiger partial charge on any atom is 0.225 e. The molecule has 2 rings (SSSR count). The summed E-state index contributed by atoms with van der Waals surface area (Å²) in [5.41, 5.74) is 0.544. The lowest BCUT2D eigenvalue weighted by Gasteiger charge is -2.24. The van der Waals surface area contributed by atoms with E-state index in [0.29, 0.717) is 6.61 Å². The van der Waals surface area contributed by atoms with E-state index < -0.39 is 0 Å². The minimum absolute atomic E-state index is 0.0298. The fourth-order valence-corrected chi connectivity index (χ4v) is 1.85. The zero-order chi connectivity index (χ0) is 12.5. The largest absolute Gasteiger partial charge is 0.370 e. The molecule has 2 N–H and O–H groups in total. The van der Waals surface area contributed by atoms with Gasteiger partial charge in [0, 0.05) is 18.2 Å². The number of carbonyl (C=O) groups excluding carboxylic acids is 1. The van der Waals surface area contributed by atoms with Crippen molar-refractivity contribution in [3.05, 3.63) is 18.0 Å². The van der Waals surface area contributed by atoms with Crippen LogP contribution in [0.4, 0.5) is 0 Å². The number of rotatable bonds is 2. The Balaban J connectivity index is 2.04. The molecule has 1 aromatic rings. The number of nitrogens with zero attached hydrogens (tertiary/aromatic N) is 1. The molecule has 0 unspecified atom stereocenters. The van der Waals surface area contributed by atoms with Gasteiger partial charge in [0.25, 0.3) is 0 Å². The van der Waals surface area contributed by atoms with E-state index in [2.05, 4.69) is 15.5 Å². The molecule has 0 aromatic carbocycles. The minimum atomic E-state index is -0.374. The minimum Gasteiger partial charge on any atom is -0.370 e. The molecular formula is C12H19N3O2. The van der Waals surface area contributed by atoms with Crippen LogP contribution in [0.2, 0.25) is 0 Å². The number of hydrogen-bond donors (Lipinski definition) is 2. The van der Waals surface area contributed by atoms with E-state index in [0.717, 1.165) is 12.1 Å². The van der Waals surface area contributed by atoms with E-state index in [1.165, 1.54) is 0 Å². The van der Waals surface area contributed by atoms with E-state index in [4.69, 9.17) is 4.74 Å². The summed E-state index contributed by atoms with van der Waals surface area (Å²) >= 11 is 0. The summed E-state index contributed by atoms with van der Waals surface area (Å²) < 4.78 is 5.64. The summed E-state index contributed by atoms with van der Waals surface area (Å²) in [6.07, 6.45) is 2.43. The van der Waals surface area contributed by atoms with Gasteiger partial charge in [-0.2, -0.15) is 5.10 Å². The lowest BCUT2D eigenvalue weighted by Crippen LogP contribution is -2.43. The van der Waals surface area contributed by atoms with Gasteiger partial charge >= 0.3 is 0 Å². The highest BCUT2D eigenvalue weighted by molar-refractivity contribution is 5.81.